The van der Waals surface area contributed by atoms with Crippen molar-refractivity contribution in [3.05, 3.63) is 157 Å². The number of rotatable bonds is 3. The Labute approximate surface area is 300 Å². The van der Waals surface area contributed by atoms with Crippen molar-refractivity contribution in [1.82, 2.24) is 0 Å². The van der Waals surface area contributed by atoms with Gasteiger partial charge in [-0.05, 0) is 83.7 Å². The first-order chi connectivity index (χ1) is 25.4. The molecule has 0 unspecified atom stereocenters. The van der Waals surface area contributed by atoms with E-state index in [2.05, 4.69) is 154 Å². The average Bonchev–Trinajstić information content (AvgIpc) is 3.75. The molecule has 11 aromatic rings. The molecule has 0 amide bonds. The molecule has 246 valence electrons. The first-order valence-electron chi connectivity index (χ1n) is 18.1. The first kappa shape index (κ1) is 29.4. The van der Waals surface area contributed by atoms with Gasteiger partial charge in [-0.15, -0.1) is 0 Å². The fourth-order valence-corrected chi connectivity index (χ4v) is 8.57. The molecule has 52 heavy (non-hydrogen) atoms. The molecule has 0 aliphatic rings. The predicted octanol–water partition coefficient (Wildman–Crippen LogP) is 14.7. The molecule has 9 aromatic carbocycles. The number of para-hydroxylation sites is 4. The molecule has 0 saturated heterocycles. The average molecular weight is 667 g/mol. The van der Waals surface area contributed by atoms with E-state index in [-0.39, 0.29) is 5.41 Å². The van der Waals surface area contributed by atoms with Gasteiger partial charge in [0.05, 0.1) is 0 Å². The first-order valence-corrected chi connectivity index (χ1v) is 18.1. The largest absolute Gasteiger partial charge is 0.455 e. The second-order valence-electron chi connectivity index (χ2n) is 15.3. The highest BCUT2D eigenvalue weighted by molar-refractivity contribution is 6.29. The number of benzene rings is 9. The third-order valence-electron chi connectivity index (χ3n) is 11.2. The minimum absolute atomic E-state index is 0.0478. The van der Waals surface area contributed by atoms with Crippen LogP contribution in [-0.4, -0.2) is 0 Å². The maximum Gasteiger partial charge on any atom is 0.143 e. The molecule has 2 heterocycles. The number of hydrogen-bond donors (Lipinski definition) is 0. The van der Waals surface area contributed by atoms with E-state index in [1.807, 2.05) is 18.2 Å². The zero-order valence-electron chi connectivity index (χ0n) is 29.3. The van der Waals surface area contributed by atoms with Crippen molar-refractivity contribution in [1.29, 1.82) is 0 Å². The monoisotopic (exact) mass is 666 g/mol. The van der Waals surface area contributed by atoms with Crippen molar-refractivity contribution in [3.63, 3.8) is 0 Å². The Balaban J connectivity index is 1.18. The highest BCUT2D eigenvalue weighted by atomic mass is 16.3. The van der Waals surface area contributed by atoms with Gasteiger partial charge in [-0.2, -0.15) is 0 Å². The summed E-state index contributed by atoms with van der Waals surface area (Å²) in [7, 11) is 0. The minimum atomic E-state index is 0.0478. The van der Waals surface area contributed by atoms with E-state index < -0.39 is 0 Å². The van der Waals surface area contributed by atoms with Gasteiger partial charge in [0.2, 0.25) is 0 Å². The van der Waals surface area contributed by atoms with Crippen LogP contribution >= 0.6 is 0 Å². The molecule has 0 aliphatic carbocycles. The van der Waals surface area contributed by atoms with Crippen LogP contribution in [0.5, 0.6) is 0 Å². The predicted molar refractivity (Wildman–Crippen MR) is 220 cm³/mol. The summed E-state index contributed by atoms with van der Waals surface area (Å²) in [5.74, 6) is 0. The fraction of sp³-hybridized carbons (Fsp3) is 0.0800. The lowest BCUT2D eigenvalue weighted by Crippen LogP contribution is -2.10. The van der Waals surface area contributed by atoms with E-state index in [1.54, 1.807) is 0 Å². The summed E-state index contributed by atoms with van der Waals surface area (Å²) in [5.41, 5.74) is 12.0. The van der Waals surface area contributed by atoms with Crippen LogP contribution in [0.1, 0.15) is 26.3 Å². The van der Waals surface area contributed by atoms with E-state index in [0.29, 0.717) is 0 Å². The normalized spacial score (nSPS) is 12.5. The van der Waals surface area contributed by atoms with E-state index in [1.165, 1.54) is 54.6 Å². The van der Waals surface area contributed by atoms with E-state index >= 15 is 0 Å². The summed E-state index contributed by atoms with van der Waals surface area (Å²) in [4.78, 5) is 0. The van der Waals surface area contributed by atoms with Gasteiger partial charge in [0.1, 0.15) is 22.3 Å². The smallest absolute Gasteiger partial charge is 0.143 e. The lowest BCUT2D eigenvalue weighted by Gasteiger charge is -2.23. The maximum absolute atomic E-state index is 6.64. The topological polar surface area (TPSA) is 26.3 Å². The molecule has 0 aliphatic heterocycles. The number of fused-ring (bicyclic) bond motifs is 6. The van der Waals surface area contributed by atoms with Gasteiger partial charge < -0.3 is 8.83 Å². The van der Waals surface area contributed by atoms with Crippen molar-refractivity contribution in [2.45, 2.75) is 26.2 Å². The third kappa shape index (κ3) is 4.18. The Morgan fingerprint density at radius 1 is 0.365 bits per heavy atom. The van der Waals surface area contributed by atoms with E-state index in [0.717, 1.165) is 60.6 Å². The molecule has 0 saturated carbocycles. The van der Waals surface area contributed by atoms with Crippen LogP contribution in [-0.2, 0) is 5.41 Å². The van der Waals surface area contributed by atoms with Gasteiger partial charge in [0, 0.05) is 32.7 Å². The molecule has 0 bridgehead atoms. The highest BCUT2D eigenvalue weighted by Gasteiger charge is 2.22. The molecule has 2 heteroatoms. The van der Waals surface area contributed by atoms with Crippen LogP contribution in [0, 0.1) is 0 Å². The molecule has 0 fully saturated rings. The Kier molecular flexibility index (Phi) is 5.97. The lowest BCUT2D eigenvalue weighted by molar-refractivity contribution is 0.591. The van der Waals surface area contributed by atoms with Crippen LogP contribution in [0.15, 0.2) is 160 Å². The zero-order chi connectivity index (χ0) is 34.7. The van der Waals surface area contributed by atoms with Crippen molar-refractivity contribution in [2.24, 2.45) is 0 Å². The van der Waals surface area contributed by atoms with Gasteiger partial charge in [-0.1, -0.05) is 154 Å². The molecule has 0 radical (unpaired) electrons. The van der Waals surface area contributed by atoms with Crippen molar-refractivity contribution < 1.29 is 8.83 Å². The molecule has 0 spiro atoms. The maximum atomic E-state index is 6.64. The van der Waals surface area contributed by atoms with Crippen molar-refractivity contribution in [3.8, 4) is 33.4 Å². The van der Waals surface area contributed by atoms with Crippen LogP contribution in [0.4, 0.5) is 0 Å². The molecule has 0 N–H and O–H groups in total. The third-order valence-corrected chi connectivity index (χ3v) is 11.2. The summed E-state index contributed by atoms with van der Waals surface area (Å²) in [6.07, 6.45) is 0. The zero-order valence-corrected chi connectivity index (χ0v) is 29.3. The van der Waals surface area contributed by atoms with Crippen molar-refractivity contribution in [2.75, 3.05) is 0 Å². The highest BCUT2D eigenvalue weighted by Crippen LogP contribution is 2.47. The van der Waals surface area contributed by atoms with Gasteiger partial charge in [0.25, 0.3) is 0 Å². The Morgan fingerprint density at radius 3 is 1.46 bits per heavy atom. The molecule has 2 aromatic heterocycles. The molecule has 0 atom stereocenters. The van der Waals surface area contributed by atoms with Gasteiger partial charge in [-0.25, -0.2) is 0 Å². The lowest BCUT2D eigenvalue weighted by atomic mass is 9.81. The summed E-state index contributed by atoms with van der Waals surface area (Å²) in [6.45, 7) is 6.88. The second kappa shape index (κ2) is 10.6. The Morgan fingerprint density at radius 2 is 0.865 bits per heavy atom. The summed E-state index contributed by atoms with van der Waals surface area (Å²) in [5, 5.41) is 12.2. The standard InChI is InChI=1S/C50H34O2/c1-50(2,3)33-26-31-22-24-37-42(30-20-18-29(19-21-30)34-12-8-13-39-35-10-4-6-16-44(35)51-48(34)39)28-43(38-25-23-32(27-33)46(31)47(37)38)41-15-9-14-40-36-11-5-7-17-45(36)52-49(40)41/h4-28H,1-3H3. The number of hydrogen-bond acceptors (Lipinski definition) is 2. The van der Waals surface area contributed by atoms with Crippen LogP contribution in [0.2, 0.25) is 0 Å². The Bertz CT molecular complexity index is 3180. The number of furan rings is 2. The molecule has 2 nitrogen and oxygen atoms in total. The Hall–Kier alpha value is -6.38. The van der Waals surface area contributed by atoms with Gasteiger partial charge in [0.15, 0.2) is 0 Å². The van der Waals surface area contributed by atoms with Crippen LogP contribution in [0.3, 0.4) is 0 Å². The van der Waals surface area contributed by atoms with Crippen LogP contribution < -0.4 is 0 Å². The SMILES string of the molecule is CC(C)(C)c1cc2ccc3c(-c4ccc(-c5cccc6c5oc5ccccc56)cc4)cc(-c4cccc5c4oc4ccccc45)c4ccc(c1)c2c34. The molecular weight excluding hydrogens is 633 g/mol. The summed E-state index contributed by atoms with van der Waals surface area (Å²) in [6, 6.07) is 55.1. The molecule has 11 rings (SSSR count). The van der Waals surface area contributed by atoms with E-state index in [9.17, 15) is 0 Å². The quantitative estimate of drug-likeness (QED) is 0.175. The fourth-order valence-electron chi connectivity index (χ4n) is 8.57. The van der Waals surface area contributed by atoms with Gasteiger partial charge in [-0.3, -0.25) is 0 Å². The summed E-state index contributed by atoms with van der Waals surface area (Å²) >= 11 is 0. The van der Waals surface area contributed by atoms with Crippen molar-refractivity contribution >= 4 is 76.2 Å². The van der Waals surface area contributed by atoms with Crippen LogP contribution in [0.25, 0.3) is 110 Å². The molecular formula is C50H34O2. The summed E-state index contributed by atoms with van der Waals surface area (Å²) < 4.78 is 13.1. The second-order valence-corrected chi connectivity index (χ2v) is 15.3. The van der Waals surface area contributed by atoms with Gasteiger partial charge >= 0.3 is 0 Å². The minimum Gasteiger partial charge on any atom is -0.455 e. The van der Waals surface area contributed by atoms with E-state index in [4.69, 9.17) is 8.83 Å².